The molecule has 3 aromatic carbocycles. The molecule has 0 saturated carbocycles. The van der Waals surface area contributed by atoms with Gasteiger partial charge >= 0.3 is 0 Å². The van der Waals surface area contributed by atoms with E-state index in [-0.39, 0.29) is 24.5 Å². The molecule has 0 radical (unpaired) electrons. The first-order chi connectivity index (χ1) is 14.7. The molecule has 2 N–H and O–H groups in total. The van der Waals surface area contributed by atoms with Crippen LogP contribution in [-0.4, -0.2) is 18.4 Å². The van der Waals surface area contributed by atoms with Gasteiger partial charge in [-0.1, -0.05) is 42.5 Å². The summed E-state index contributed by atoms with van der Waals surface area (Å²) in [5.41, 5.74) is 3.77. The maximum Gasteiger partial charge on any atom is 0.258 e. The third-order valence-corrected chi connectivity index (χ3v) is 5.22. The van der Waals surface area contributed by atoms with E-state index in [4.69, 9.17) is 4.74 Å². The van der Waals surface area contributed by atoms with Gasteiger partial charge in [0.05, 0.1) is 6.04 Å². The minimum Gasteiger partial charge on any atom is -0.484 e. The van der Waals surface area contributed by atoms with Gasteiger partial charge in [0, 0.05) is 11.3 Å². The summed E-state index contributed by atoms with van der Waals surface area (Å²) in [5.74, 6) is 0.265. The number of carbonyl (C=O) groups excluding carboxylic acids is 2. The fraction of sp³-hybridized carbons (Fsp3) is 0.200. The Morgan fingerprint density at radius 3 is 2.43 bits per heavy atom. The summed E-state index contributed by atoms with van der Waals surface area (Å²) in [6.07, 6.45) is 3.07. The van der Waals surface area contributed by atoms with E-state index in [1.807, 2.05) is 30.3 Å². The van der Waals surface area contributed by atoms with Crippen molar-refractivity contribution < 1.29 is 14.3 Å². The molecule has 1 aliphatic carbocycles. The van der Waals surface area contributed by atoms with Crippen molar-refractivity contribution in [3.63, 3.8) is 0 Å². The van der Waals surface area contributed by atoms with Gasteiger partial charge in [0.1, 0.15) is 5.75 Å². The summed E-state index contributed by atoms with van der Waals surface area (Å²) in [7, 11) is 0. The van der Waals surface area contributed by atoms with Crippen molar-refractivity contribution in [3.05, 3.63) is 95.6 Å². The zero-order valence-corrected chi connectivity index (χ0v) is 16.6. The molecule has 152 valence electrons. The molecule has 5 nitrogen and oxygen atoms in total. The molecule has 30 heavy (non-hydrogen) atoms. The van der Waals surface area contributed by atoms with Gasteiger partial charge in [0.2, 0.25) is 0 Å². The normalized spacial score (nSPS) is 15.0. The maximum atomic E-state index is 12.4. The Balaban J connectivity index is 1.28. The van der Waals surface area contributed by atoms with Crippen molar-refractivity contribution in [1.29, 1.82) is 0 Å². The van der Waals surface area contributed by atoms with Gasteiger partial charge in [0.25, 0.3) is 11.8 Å². The van der Waals surface area contributed by atoms with Crippen LogP contribution < -0.4 is 15.4 Å². The van der Waals surface area contributed by atoms with Crippen molar-refractivity contribution in [2.24, 2.45) is 0 Å². The second kappa shape index (κ2) is 9.27. The van der Waals surface area contributed by atoms with Gasteiger partial charge in [-0.05, 0) is 66.8 Å². The predicted octanol–water partition coefficient (Wildman–Crippen LogP) is 4.51. The number of hydrogen-bond donors (Lipinski definition) is 2. The average molecular weight is 400 g/mol. The lowest BCUT2D eigenvalue weighted by atomic mass is 9.88. The van der Waals surface area contributed by atoms with Crippen molar-refractivity contribution in [2.75, 3.05) is 11.9 Å². The van der Waals surface area contributed by atoms with Crippen LogP contribution in [0.4, 0.5) is 5.69 Å². The van der Waals surface area contributed by atoms with Gasteiger partial charge in [-0.2, -0.15) is 0 Å². The second-order valence-electron chi connectivity index (χ2n) is 7.34. The Bertz CT molecular complexity index is 1020. The second-order valence-corrected chi connectivity index (χ2v) is 7.34. The minimum atomic E-state index is -0.170. The van der Waals surface area contributed by atoms with E-state index in [0.717, 1.165) is 19.3 Å². The highest BCUT2D eigenvalue weighted by molar-refractivity contribution is 6.04. The van der Waals surface area contributed by atoms with Crippen LogP contribution in [0.25, 0.3) is 0 Å². The van der Waals surface area contributed by atoms with Crippen LogP contribution in [0.3, 0.4) is 0 Å². The summed E-state index contributed by atoms with van der Waals surface area (Å²) >= 11 is 0. The summed E-state index contributed by atoms with van der Waals surface area (Å²) < 4.78 is 5.62. The summed E-state index contributed by atoms with van der Waals surface area (Å²) in [6, 6.07) is 24.3. The van der Waals surface area contributed by atoms with Gasteiger partial charge in [-0.25, -0.2) is 0 Å². The summed E-state index contributed by atoms with van der Waals surface area (Å²) in [4.78, 5) is 24.6. The molecule has 1 aliphatic rings. The SMILES string of the molecule is O=C(COc1ccc(NC(=O)c2ccccc2)cc1)N[C@@H]1CCCc2ccccc21. The number of benzene rings is 3. The monoisotopic (exact) mass is 400 g/mol. The van der Waals surface area contributed by atoms with Crippen molar-refractivity contribution >= 4 is 17.5 Å². The lowest BCUT2D eigenvalue weighted by Gasteiger charge is -2.26. The first-order valence-corrected chi connectivity index (χ1v) is 10.2. The van der Waals surface area contributed by atoms with E-state index in [2.05, 4.69) is 22.8 Å². The lowest BCUT2D eigenvalue weighted by molar-refractivity contribution is -0.123. The number of amides is 2. The molecular formula is C25H24N2O3. The van der Waals surface area contributed by atoms with Crippen LogP contribution in [0, 0.1) is 0 Å². The van der Waals surface area contributed by atoms with E-state index in [1.54, 1.807) is 36.4 Å². The minimum absolute atomic E-state index is 0.0432. The molecular weight excluding hydrogens is 376 g/mol. The van der Waals surface area contributed by atoms with Crippen molar-refractivity contribution in [1.82, 2.24) is 5.32 Å². The molecule has 4 rings (SSSR count). The van der Waals surface area contributed by atoms with Crippen molar-refractivity contribution in [2.45, 2.75) is 25.3 Å². The third-order valence-electron chi connectivity index (χ3n) is 5.22. The van der Waals surface area contributed by atoms with Gasteiger partial charge < -0.3 is 15.4 Å². The molecule has 0 bridgehead atoms. The lowest BCUT2D eigenvalue weighted by Crippen LogP contribution is -2.34. The van der Waals surface area contributed by atoms with Crippen LogP contribution in [0.5, 0.6) is 5.75 Å². The van der Waals surface area contributed by atoms with Crippen LogP contribution in [0.2, 0.25) is 0 Å². The zero-order chi connectivity index (χ0) is 20.8. The van der Waals surface area contributed by atoms with E-state index in [1.165, 1.54) is 11.1 Å². The zero-order valence-electron chi connectivity index (χ0n) is 16.6. The number of carbonyl (C=O) groups is 2. The molecule has 0 aromatic heterocycles. The van der Waals surface area contributed by atoms with Gasteiger partial charge in [-0.3, -0.25) is 9.59 Å². The Morgan fingerprint density at radius 2 is 1.63 bits per heavy atom. The highest BCUT2D eigenvalue weighted by atomic mass is 16.5. The summed E-state index contributed by atoms with van der Waals surface area (Å²) in [6.45, 7) is -0.0472. The third kappa shape index (κ3) is 4.87. The fourth-order valence-electron chi connectivity index (χ4n) is 3.72. The highest BCUT2D eigenvalue weighted by Crippen LogP contribution is 2.29. The smallest absolute Gasteiger partial charge is 0.258 e. The number of rotatable bonds is 6. The molecule has 0 fully saturated rings. The molecule has 2 amide bonds. The van der Waals surface area contributed by atoms with Crippen LogP contribution >= 0.6 is 0 Å². The topological polar surface area (TPSA) is 67.4 Å². The number of aryl methyl sites for hydroxylation is 1. The molecule has 0 spiro atoms. The fourth-order valence-corrected chi connectivity index (χ4v) is 3.72. The van der Waals surface area contributed by atoms with Gasteiger partial charge in [0.15, 0.2) is 6.61 Å². The Kier molecular flexibility index (Phi) is 6.09. The first-order valence-electron chi connectivity index (χ1n) is 10.2. The molecule has 0 saturated heterocycles. The summed E-state index contributed by atoms with van der Waals surface area (Å²) in [5, 5.41) is 5.92. The molecule has 0 heterocycles. The van der Waals surface area contributed by atoms with E-state index in [9.17, 15) is 9.59 Å². The van der Waals surface area contributed by atoms with E-state index < -0.39 is 0 Å². The Morgan fingerprint density at radius 1 is 0.900 bits per heavy atom. The predicted molar refractivity (Wildman–Crippen MR) is 117 cm³/mol. The Labute approximate surface area is 176 Å². The average Bonchev–Trinajstić information content (AvgIpc) is 2.79. The number of ether oxygens (including phenoxy) is 1. The number of nitrogens with one attached hydrogen (secondary N) is 2. The maximum absolute atomic E-state index is 12.4. The van der Waals surface area contributed by atoms with Crippen LogP contribution in [0.15, 0.2) is 78.9 Å². The quantitative estimate of drug-likeness (QED) is 0.640. The van der Waals surface area contributed by atoms with E-state index >= 15 is 0 Å². The molecule has 1 atom stereocenters. The number of hydrogen-bond acceptors (Lipinski definition) is 3. The molecule has 0 unspecified atom stereocenters. The first kappa shape index (κ1) is 19.7. The van der Waals surface area contributed by atoms with Gasteiger partial charge in [-0.15, -0.1) is 0 Å². The molecule has 3 aromatic rings. The number of anilines is 1. The molecule has 0 aliphatic heterocycles. The Hall–Kier alpha value is -3.60. The van der Waals surface area contributed by atoms with E-state index in [0.29, 0.717) is 17.0 Å². The van der Waals surface area contributed by atoms with Crippen molar-refractivity contribution in [3.8, 4) is 5.75 Å². The largest absolute Gasteiger partial charge is 0.484 e. The number of fused-ring (bicyclic) bond motifs is 1. The molecule has 5 heteroatoms. The van der Waals surface area contributed by atoms with Crippen LogP contribution in [0.1, 0.15) is 40.4 Å². The highest BCUT2D eigenvalue weighted by Gasteiger charge is 2.21. The van der Waals surface area contributed by atoms with Crippen LogP contribution in [-0.2, 0) is 11.2 Å². The standard InChI is InChI=1S/C25H24N2O3/c28-24(27-23-12-6-10-18-7-4-5-11-22(18)23)17-30-21-15-13-20(14-16-21)26-25(29)19-8-2-1-3-9-19/h1-5,7-9,11,13-16,23H,6,10,12,17H2,(H,26,29)(H,27,28)/t23-/m1/s1.